The lowest BCUT2D eigenvalue weighted by atomic mass is 10.1. The number of rotatable bonds is 6. The molecule has 22 heavy (non-hydrogen) atoms. The average Bonchev–Trinajstić information content (AvgIpc) is 2.46. The average molecular weight is 367 g/mol. The van der Waals surface area contributed by atoms with Crippen molar-refractivity contribution >= 4 is 33.2 Å². The second-order valence-corrected chi connectivity index (χ2v) is 8.00. The van der Waals surface area contributed by atoms with E-state index in [2.05, 4.69) is 9.62 Å². The van der Waals surface area contributed by atoms with Crippen molar-refractivity contribution in [3.63, 3.8) is 0 Å². The number of hydrogen-bond donors (Lipinski definition) is 1. The fraction of sp³-hybridized carbons (Fsp3) is 0.571. The second-order valence-electron chi connectivity index (χ2n) is 5.35. The van der Waals surface area contributed by atoms with Gasteiger partial charge in [-0.2, -0.15) is 0 Å². The smallest absolute Gasteiger partial charge is 0.208 e. The Morgan fingerprint density at radius 2 is 2.14 bits per heavy atom. The van der Waals surface area contributed by atoms with Gasteiger partial charge in [0.15, 0.2) is 0 Å². The third-order valence-electron chi connectivity index (χ3n) is 3.48. The molecule has 0 spiro atoms. The van der Waals surface area contributed by atoms with Gasteiger partial charge >= 0.3 is 0 Å². The van der Waals surface area contributed by atoms with Crippen LogP contribution in [0.3, 0.4) is 0 Å². The Hall–Kier alpha value is -0.370. The number of nitrogens with one attached hydrogen (secondary N) is 1. The van der Waals surface area contributed by atoms with E-state index in [0.717, 1.165) is 31.6 Å². The highest BCUT2D eigenvalue weighted by molar-refractivity contribution is 7.88. The van der Waals surface area contributed by atoms with Crippen LogP contribution in [0.5, 0.6) is 0 Å². The molecule has 2 rings (SSSR count). The number of ether oxygens (including phenoxy) is 1. The first-order chi connectivity index (χ1) is 10.3. The molecular weight excluding hydrogens is 347 g/mol. The molecular formula is C14H20Cl2N2O3S. The molecule has 1 N–H and O–H groups in total. The van der Waals surface area contributed by atoms with E-state index in [-0.39, 0.29) is 6.10 Å². The zero-order valence-corrected chi connectivity index (χ0v) is 14.7. The minimum Gasteiger partial charge on any atom is -0.371 e. The molecule has 1 fully saturated rings. The second kappa shape index (κ2) is 7.95. The summed E-state index contributed by atoms with van der Waals surface area (Å²) in [5.74, 6) is 0. The molecule has 1 aromatic carbocycles. The lowest BCUT2D eigenvalue weighted by Gasteiger charge is -2.33. The molecule has 0 bridgehead atoms. The Morgan fingerprint density at radius 3 is 2.82 bits per heavy atom. The standard InChI is InChI=1S/C14H20Cl2N2O3S/c1-22(19,20)17-5-2-6-18-7-8-21-14(10-18)11-3-4-12(15)13(16)9-11/h3-4,9,14,17H,2,5-8,10H2,1H3/t14-/m1/s1. The van der Waals surface area contributed by atoms with Crippen molar-refractivity contribution in [3.8, 4) is 0 Å². The Labute approximate surface area is 141 Å². The first kappa shape index (κ1) is 18.0. The van der Waals surface area contributed by atoms with Crippen molar-refractivity contribution in [2.24, 2.45) is 0 Å². The van der Waals surface area contributed by atoms with Crippen LogP contribution >= 0.6 is 23.2 Å². The Morgan fingerprint density at radius 1 is 1.36 bits per heavy atom. The molecule has 0 unspecified atom stereocenters. The van der Waals surface area contributed by atoms with E-state index in [9.17, 15) is 8.42 Å². The Bertz CT molecular complexity index is 610. The predicted octanol–water partition coefficient (Wildman–Crippen LogP) is 2.31. The van der Waals surface area contributed by atoms with Crippen LogP contribution in [0.25, 0.3) is 0 Å². The monoisotopic (exact) mass is 366 g/mol. The predicted molar refractivity (Wildman–Crippen MR) is 89.1 cm³/mol. The highest BCUT2D eigenvalue weighted by Gasteiger charge is 2.22. The summed E-state index contributed by atoms with van der Waals surface area (Å²) in [6, 6.07) is 5.54. The van der Waals surface area contributed by atoms with Gasteiger partial charge in [0.1, 0.15) is 0 Å². The molecule has 0 radical (unpaired) electrons. The Balaban J connectivity index is 1.85. The number of morpholine rings is 1. The zero-order chi connectivity index (χ0) is 16.2. The highest BCUT2D eigenvalue weighted by atomic mass is 35.5. The van der Waals surface area contributed by atoms with Crippen LogP contribution in [0.1, 0.15) is 18.1 Å². The number of nitrogens with zero attached hydrogens (tertiary/aromatic N) is 1. The van der Waals surface area contributed by atoms with Gasteiger partial charge in [-0.05, 0) is 30.7 Å². The molecule has 1 heterocycles. The summed E-state index contributed by atoms with van der Waals surface area (Å²) in [7, 11) is -3.11. The molecule has 1 saturated heterocycles. The lowest BCUT2D eigenvalue weighted by Crippen LogP contribution is -2.39. The van der Waals surface area contributed by atoms with Crippen LogP contribution in [-0.2, 0) is 14.8 Å². The van der Waals surface area contributed by atoms with Crippen molar-refractivity contribution < 1.29 is 13.2 Å². The zero-order valence-electron chi connectivity index (χ0n) is 12.4. The normalized spacial score (nSPS) is 20.2. The van der Waals surface area contributed by atoms with Gasteiger partial charge in [-0.3, -0.25) is 4.90 Å². The summed E-state index contributed by atoms with van der Waals surface area (Å²) >= 11 is 12.0. The maximum Gasteiger partial charge on any atom is 0.208 e. The van der Waals surface area contributed by atoms with Gasteiger partial charge in [0, 0.05) is 19.6 Å². The summed E-state index contributed by atoms with van der Waals surface area (Å²) in [4.78, 5) is 2.26. The van der Waals surface area contributed by atoms with Crippen LogP contribution in [0, 0.1) is 0 Å². The van der Waals surface area contributed by atoms with E-state index in [4.69, 9.17) is 27.9 Å². The molecule has 0 saturated carbocycles. The van der Waals surface area contributed by atoms with Crippen LogP contribution in [0.4, 0.5) is 0 Å². The molecule has 1 aromatic rings. The van der Waals surface area contributed by atoms with Crippen LogP contribution in [0.15, 0.2) is 18.2 Å². The van der Waals surface area contributed by atoms with Gasteiger partial charge in [-0.15, -0.1) is 0 Å². The number of halogens is 2. The largest absolute Gasteiger partial charge is 0.371 e. The summed E-state index contributed by atoms with van der Waals surface area (Å²) in [6.45, 7) is 3.52. The van der Waals surface area contributed by atoms with Crippen molar-refractivity contribution in [2.75, 3.05) is 39.0 Å². The van der Waals surface area contributed by atoms with Crippen LogP contribution in [0.2, 0.25) is 10.0 Å². The summed E-state index contributed by atoms with van der Waals surface area (Å²) in [5, 5.41) is 1.06. The summed E-state index contributed by atoms with van der Waals surface area (Å²) in [6.07, 6.45) is 1.90. The molecule has 0 aliphatic carbocycles. The van der Waals surface area contributed by atoms with Crippen molar-refractivity contribution in [1.82, 2.24) is 9.62 Å². The van der Waals surface area contributed by atoms with Gasteiger partial charge in [0.25, 0.3) is 0 Å². The third kappa shape index (κ3) is 5.68. The first-order valence-corrected chi connectivity index (χ1v) is 9.73. The molecule has 1 atom stereocenters. The number of sulfonamides is 1. The molecule has 8 heteroatoms. The topological polar surface area (TPSA) is 58.6 Å². The van der Waals surface area contributed by atoms with E-state index in [1.807, 2.05) is 12.1 Å². The van der Waals surface area contributed by atoms with Crippen molar-refractivity contribution in [1.29, 1.82) is 0 Å². The minimum atomic E-state index is -3.11. The van der Waals surface area contributed by atoms with Gasteiger partial charge in [-0.1, -0.05) is 29.3 Å². The maximum atomic E-state index is 11.0. The molecule has 0 amide bonds. The van der Waals surface area contributed by atoms with Crippen molar-refractivity contribution in [3.05, 3.63) is 33.8 Å². The number of benzene rings is 1. The van der Waals surface area contributed by atoms with E-state index in [1.165, 1.54) is 6.26 Å². The first-order valence-electron chi connectivity index (χ1n) is 7.09. The van der Waals surface area contributed by atoms with E-state index >= 15 is 0 Å². The molecule has 1 aliphatic heterocycles. The van der Waals surface area contributed by atoms with E-state index in [1.54, 1.807) is 6.07 Å². The Kier molecular flexibility index (Phi) is 6.49. The van der Waals surface area contributed by atoms with Crippen LogP contribution < -0.4 is 4.72 Å². The fourth-order valence-electron chi connectivity index (χ4n) is 2.38. The summed E-state index contributed by atoms with van der Waals surface area (Å²) < 4.78 is 30.3. The quantitative estimate of drug-likeness (QED) is 0.784. The SMILES string of the molecule is CS(=O)(=O)NCCCN1CCO[C@@H](c2ccc(Cl)c(Cl)c2)C1. The molecule has 5 nitrogen and oxygen atoms in total. The van der Waals surface area contributed by atoms with E-state index in [0.29, 0.717) is 23.2 Å². The van der Waals surface area contributed by atoms with E-state index < -0.39 is 10.0 Å². The minimum absolute atomic E-state index is 0.0358. The van der Waals surface area contributed by atoms with Gasteiger partial charge in [-0.25, -0.2) is 13.1 Å². The van der Waals surface area contributed by atoms with Gasteiger partial charge < -0.3 is 4.74 Å². The third-order valence-corrected chi connectivity index (χ3v) is 4.95. The molecule has 0 aromatic heterocycles. The van der Waals surface area contributed by atoms with Crippen LogP contribution in [-0.4, -0.2) is 52.4 Å². The number of hydrogen-bond acceptors (Lipinski definition) is 4. The van der Waals surface area contributed by atoms with Crippen molar-refractivity contribution in [2.45, 2.75) is 12.5 Å². The fourth-order valence-corrected chi connectivity index (χ4v) is 3.20. The molecule has 1 aliphatic rings. The highest BCUT2D eigenvalue weighted by Crippen LogP contribution is 2.28. The van der Waals surface area contributed by atoms with Gasteiger partial charge in [0.2, 0.25) is 10.0 Å². The summed E-state index contributed by atoms with van der Waals surface area (Å²) in [5.41, 5.74) is 1.01. The lowest BCUT2D eigenvalue weighted by molar-refractivity contribution is -0.0300. The maximum absolute atomic E-state index is 11.0. The molecule has 124 valence electrons. The van der Waals surface area contributed by atoms with Gasteiger partial charge in [0.05, 0.1) is 29.0 Å².